The van der Waals surface area contributed by atoms with Gasteiger partial charge in [0.15, 0.2) is 15.7 Å². The van der Waals surface area contributed by atoms with E-state index in [9.17, 15) is 56.8 Å². The number of benzene rings is 2. The maximum absolute atomic E-state index is 15.3. The monoisotopic (exact) mass is 969 g/mol. The zero-order chi connectivity index (χ0) is 47.7. The van der Waals surface area contributed by atoms with Crippen LogP contribution in [-0.4, -0.2) is 85.3 Å². The number of aromatic nitrogens is 3. The van der Waals surface area contributed by atoms with Gasteiger partial charge in [0.2, 0.25) is 15.9 Å². The Labute approximate surface area is 363 Å². The largest absolute Gasteiger partial charge is 0.431 e. The molecule has 0 aliphatic heterocycles. The van der Waals surface area contributed by atoms with Crippen LogP contribution in [0.2, 0.25) is 5.02 Å². The molecule has 2 heterocycles. The lowest BCUT2D eigenvalue weighted by Crippen LogP contribution is -2.35. The van der Waals surface area contributed by atoms with Gasteiger partial charge in [-0.05, 0) is 74.4 Å². The number of amides is 1. The van der Waals surface area contributed by atoms with Crippen LogP contribution in [-0.2, 0) is 37.6 Å². The molecular weight excluding hydrogens is 936 g/mol. The molecule has 0 spiro atoms. The van der Waals surface area contributed by atoms with Crippen LogP contribution in [0.25, 0.3) is 22.0 Å². The molecule has 0 bridgehead atoms. The van der Waals surface area contributed by atoms with Gasteiger partial charge in [-0.1, -0.05) is 23.6 Å². The average Bonchev–Trinajstić information content (AvgIpc) is 3.81. The number of fused-ring (bicyclic) bond motifs is 2. The van der Waals surface area contributed by atoms with E-state index in [1.54, 1.807) is 0 Å². The van der Waals surface area contributed by atoms with E-state index in [0.29, 0.717) is 17.0 Å². The number of anilines is 1. The van der Waals surface area contributed by atoms with Crippen molar-refractivity contribution in [3.05, 3.63) is 87.3 Å². The normalized spacial score (nSPS) is 19.5. The fraction of sp³-hybridized carbons (Fsp3) is 0.385. The molecule has 0 saturated heterocycles. The fourth-order valence-electron chi connectivity index (χ4n) is 7.06. The highest BCUT2D eigenvalue weighted by Gasteiger charge is 2.68. The van der Waals surface area contributed by atoms with Crippen molar-refractivity contribution in [3.8, 4) is 23.0 Å². The summed E-state index contributed by atoms with van der Waals surface area (Å²) < 4.78 is 193. The number of carbonyl (C=O) groups is 1. The number of nitrogens with zero attached hydrogens (tertiary/aromatic N) is 4. The zero-order valence-electron chi connectivity index (χ0n) is 33.5. The number of pyridine rings is 1. The Morgan fingerprint density at radius 2 is 1.64 bits per heavy atom. The van der Waals surface area contributed by atoms with Gasteiger partial charge >= 0.3 is 12.4 Å². The van der Waals surface area contributed by atoms with Gasteiger partial charge in [0.25, 0.3) is 5.92 Å². The van der Waals surface area contributed by atoms with E-state index in [1.165, 1.54) is 32.0 Å². The molecular formula is C39H34ClF10N7O5S2. The maximum Gasteiger partial charge on any atom is 0.431 e. The third kappa shape index (κ3) is 10.3. The minimum atomic E-state index is -5.23. The average molecular weight is 970 g/mol. The number of carbonyl (C=O) groups excluding carboxylic acids is 1. The summed E-state index contributed by atoms with van der Waals surface area (Å²) in [6.07, 6.45) is -9.57. The predicted octanol–water partition coefficient (Wildman–Crippen LogP) is 7.04. The quantitative estimate of drug-likeness (QED) is 0.106. The van der Waals surface area contributed by atoms with Crippen molar-refractivity contribution >= 4 is 59.8 Å². The lowest BCUT2D eigenvalue weighted by molar-refractivity contribution is -0.141. The first-order valence-electron chi connectivity index (χ1n) is 18.5. The van der Waals surface area contributed by atoms with Gasteiger partial charge in [0.05, 0.1) is 33.9 Å². The van der Waals surface area contributed by atoms with Crippen LogP contribution < -0.4 is 15.8 Å². The Balaban J connectivity index is 1.59. The lowest BCUT2D eigenvalue weighted by atomic mass is 9.93. The molecule has 344 valence electrons. The molecule has 1 amide bonds. The molecule has 2 fully saturated rings. The second kappa shape index (κ2) is 16.5. The highest BCUT2D eigenvalue weighted by atomic mass is 35.5. The predicted molar refractivity (Wildman–Crippen MR) is 215 cm³/mol. The minimum absolute atomic E-state index is 0.190. The summed E-state index contributed by atoms with van der Waals surface area (Å²) in [7, 11) is -8.05. The van der Waals surface area contributed by atoms with Gasteiger partial charge in [-0.15, -0.1) is 0 Å². The van der Waals surface area contributed by atoms with Crippen molar-refractivity contribution in [1.82, 2.24) is 20.1 Å². The molecule has 3 atom stereocenters. The molecule has 4 aromatic rings. The smallest absolute Gasteiger partial charge is 0.394 e. The van der Waals surface area contributed by atoms with Crippen LogP contribution in [0.15, 0.2) is 58.7 Å². The Morgan fingerprint density at radius 3 is 2.22 bits per heavy atom. The first kappa shape index (κ1) is 48.1. The van der Waals surface area contributed by atoms with Gasteiger partial charge in [-0.2, -0.15) is 40.2 Å². The first-order chi connectivity index (χ1) is 29.3. The summed E-state index contributed by atoms with van der Waals surface area (Å²) in [6.45, 7) is -0.557. The molecule has 2 aromatic heterocycles. The van der Waals surface area contributed by atoms with Crippen LogP contribution in [0.3, 0.4) is 0 Å². The number of sulfonamides is 1. The zero-order valence-corrected chi connectivity index (χ0v) is 35.9. The van der Waals surface area contributed by atoms with E-state index < -0.39 is 126 Å². The van der Waals surface area contributed by atoms with Gasteiger partial charge in [0.1, 0.15) is 46.6 Å². The SMILES string of the molecule is CC(C)(C#Cc1ccc(-c2ccc(Cl)c3c(NS(C)(=O)=O)nn(CC(F)(F)F)c23)c([C@H](Cc2cc(F)cc(F)c2)NC(=O)CN=C2/C(=C(\N)C(F)(F)F)[C@H]3C[C@H]3C2(F)F)n1)S(C)(=O)=O. The maximum atomic E-state index is 15.3. The number of nitrogens with two attached hydrogens (primary N) is 1. The van der Waals surface area contributed by atoms with E-state index in [0.717, 1.165) is 24.5 Å². The lowest BCUT2D eigenvalue weighted by Gasteiger charge is -2.23. The van der Waals surface area contributed by atoms with Crippen LogP contribution >= 0.6 is 11.6 Å². The van der Waals surface area contributed by atoms with Crippen molar-refractivity contribution in [2.45, 2.75) is 62.3 Å². The van der Waals surface area contributed by atoms with Crippen LogP contribution in [0.1, 0.15) is 43.3 Å². The molecule has 2 saturated carbocycles. The summed E-state index contributed by atoms with van der Waals surface area (Å²) >= 11 is 6.44. The summed E-state index contributed by atoms with van der Waals surface area (Å²) in [4.78, 5) is 21.8. The number of halogens is 11. The highest BCUT2D eigenvalue weighted by Crippen LogP contribution is 2.62. The second-order valence-corrected chi connectivity index (χ2v) is 20.4. The van der Waals surface area contributed by atoms with Crippen molar-refractivity contribution in [3.63, 3.8) is 0 Å². The van der Waals surface area contributed by atoms with Gasteiger partial charge in [-0.25, -0.2) is 30.6 Å². The third-order valence-corrected chi connectivity index (χ3v) is 13.1. The number of aliphatic imine (C=N–C) groups is 1. The van der Waals surface area contributed by atoms with Crippen LogP contribution in [0.4, 0.5) is 49.7 Å². The molecule has 2 aliphatic rings. The van der Waals surface area contributed by atoms with Gasteiger partial charge in [0, 0.05) is 34.9 Å². The molecule has 25 heteroatoms. The Morgan fingerprint density at radius 1 is 1.02 bits per heavy atom. The fourth-order valence-corrected chi connectivity index (χ4v) is 8.03. The first-order valence-corrected chi connectivity index (χ1v) is 22.7. The van der Waals surface area contributed by atoms with E-state index in [2.05, 4.69) is 32.2 Å². The number of nitrogens with one attached hydrogen (secondary N) is 2. The standard InChI is InChI=1S/C39H34ClF10N7O5S2/c1-36(2,63(3,59)60)10-9-21-5-6-22(23-7-8-26(40)30-32(23)57(17-37(43,44)45)55-35(30)56-64(4,61)62)31(53-21)27(13-18-11-19(41)14-20(42)12-18)54-28(58)16-52-34-29(33(51)39(48,49)50)24-15-25(24)38(34,46)47/h5-8,11-12,14,24-25,27H,13,15-17,51H2,1-4H3,(H,54,58)(H,55,56)/b33-29-,52-34?/t24-,25+,27-/m0/s1. The number of rotatable bonds is 11. The summed E-state index contributed by atoms with van der Waals surface area (Å²) in [6, 6.07) is 5.26. The minimum Gasteiger partial charge on any atom is -0.394 e. The highest BCUT2D eigenvalue weighted by molar-refractivity contribution is 7.92. The molecule has 2 aliphatic carbocycles. The number of alkyl halides is 8. The van der Waals surface area contributed by atoms with Crippen LogP contribution in [0, 0.1) is 35.3 Å². The molecule has 0 radical (unpaired) electrons. The Hall–Kier alpha value is -5.41. The number of hydrogen-bond donors (Lipinski definition) is 3. The number of hydrogen-bond acceptors (Lipinski definition) is 9. The van der Waals surface area contributed by atoms with E-state index in [-0.39, 0.29) is 44.9 Å². The second-order valence-electron chi connectivity index (χ2n) is 15.6. The number of sulfone groups is 1. The van der Waals surface area contributed by atoms with Gasteiger partial charge in [-0.3, -0.25) is 19.2 Å². The van der Waals surface area contributed by atoms with Gasteiger partial charge < -0.3 is 11.1 Å². The van der Waals surface area contributed by atoms with E-state index in [1.807, 2.05) is 4.72 Å². The summed E-state index contributed by atoms with van der Waals surface area (Å²) in [5.41, 5.74) is -0.559. The molecule has 6 rings (SSSR count). The summed E-state index contributed by atoms with van der Waals surface area (Å²) in [5, 5.41) is 5.62. The molecule has 4 N–H and O–H groups in total. The topological polar surface area (TPSA) is 178 Å². The van der Waals surface area contributed by atoms with Crippen molar-refractivity contribution in [2.75, 3.05) is 23.8 Å². The molecule has 0 unspecified atom stereocenters. The molecule has 12 nitrogen and oxygen atoms in total. The molecule has 64 heavy (non-hydrogen) atoms. The number of allylic oxidation sites excluding steroid dienone is 2. The Kier molecular flexibility index (Phi) is 12.4. The van der Waals surface area contributed by atoms with E-state index >= 15 is 8.78 Å². The molecule has 2 aromatic carbocycles. The van der Waals surface area contributed by atoms with Crippen molar-refractivity contribution in [1.29, 1.82) is 0 Å². The van der Waals surface area contributed by atoms with Crippen LogP contribution in [0.5, 0.6) is 0 Å². The van der Waals surface area contributed by atoms with E-state index in [4.69, 9.17) is 17.3 Å². The van der Waals surface area contributed by atoms with Crippen molar-refractivity contribution in [2.24, 2.45) is 22.6 Å². The summed E-state index contributed by atoms with van der Waals surface area (Å²) in [5.74, 6) is -5.76. The van der Waals surface area contributed by atoms with Crippen molar-refractivity contribution < 1.29 is 65.5 Å². The Bertz CT molecular complexity index is 2920. The third-order valence-electron chi connectivity index (χ3n) is 10.3.